The third-order valence-electron chi connectivity index (χ3n) is 3.04. The van der Waals surface area contributed by atoms with Crippen molar-refractivity contribution in [3.8, 4) is 0 Å². The Morgan fingerprint density at radius 1 is 1.25 bits per heavy atom. The van der Waals surface area contributed by atoms with Gasteiger partial charge in [-0.05, 0) is 41.1 Å². The maximum absolute atomic E-state index is 13.8. The van der Waals surface area contributed by atoms with Gasteiger partial charge in [-0.3, -0.25) is 0 Å². The fraction of sp³-hybridized carbons (Fsp3) is 0.538. The topological polar surface area (TPSA) is 15.3 Å². The molecule has 0 fully saturated rings. The van der Waals surface area contributed by atoms with Crippen molar-refractivity contribution in [3.05, 3.63) is 35.6 Å². The Kier molecular flexibility index (Phi) is 4.05. The number of rotatable bonds is 4. The molecule has 0 aliphatic rings. The molecule has 1 unspecified atom stereocenters. The van der Waals surface area contributed by atoms with Gasteiger partial charge in [0.1, 0.15) is 5.82 Å². The van der Waals surface area contributed by atoms with Gasteiger partial charge in [-0.2, -0.15) is 0 Å². The standard InChI is InChI=1S/C13H21FN2/c1-13(2,15-3)12(16(4)5)10-8-6-7-9-11(10)14/h6-9,12,15H,1-5H3. The van der Waals surface area contributed by atoms with Crippen LogP contribution in [0.1, 0.15) is 25.5 Å². The summed E-state index contributed by atoms with van der Waals surface area (Å²) in [7, 11) is 5.84. The number of nitrogens with one attached hydrogen (secondary N) is 1. The molecule has 0 saturated carbocycles. The van der Waals surface area contributed by atoms with E-state index in [1.54, 1.807) is 6.07 Å². The van der Waals surface area contributed by atoms with Gasteiger partial charge in [-0.1, -0.05) is 18.2 Å². The zero-order valence-corrected chi connectivity index (χ0v) is 10.7. The molecule has 0 saturated heterocycles. The molecule has 0 bridgehead atoms. The third-order valence-corrected chi connectivity index (χ3v) is 3.04. The molecule has 0 aliphatic carbocycles. The molecule has 1 rings (SSSR count). The monoisotopic (exact) mass is 224 g/mol. The molecule has 16 heavy (non-hydrogen) atoms. The summed E-state index contributed by atoms with van der Waals surface area (Å²) < 4.78 is 13.8. The van der Waals surface area contributed by atoms with Gasteiger partial charge in [-0.25, -0.2) is 4.39 Å². The highest BCUT2D eigenvalue weighted by Crippen LogP contribution is 2.31. The second-order valence-electron chi connectivity index (χ2n) is 4.86. The van der Waals surface area contributed by atoms with Crippen molar-refractivity contribution in [2.24, 2.45) is 0 Å². The Labute approximate surface area is 97.5 Å². The molecule has 90 valence electrons. The molecule has 3 heteroatoms. The van der Waals surface area contributed by atoms with Gasteiger partial charge in [0.2, 0.25) is 0 Å². The molecule has 1 aromatic rings. The van der Waals surface area contributed by atoms with Crippen LogP contribution < -0.4 is 5.32 Å². The van der Waals surface area contributed by atoms with Crippen LogP contribution in [0.5, 0.6) is 0 Å². The molecule has 0 radical (unpaired) electrons. The number of nitrogens with zero attached hydrogens (tertiary/aromatic N) is 1. The van der Waals surface area contributed by atoms with Crippen molar-refractivity contribution in [2.45, 2.75) is 25.4 Å². The lowest BCUT2D eigenvalue weighted by Gasteiger charge is -2.39. The number of hydrogen-bond donors (Lipinski definition) is 1. The van der Waals surface area contributed by atoms with E-state index >= 15 is 0 Å². The SMILES string of the molecule is CNC(C)(C)C(c1ccccc1F)N(C)C. The highest BCUT2D eigenvalue weighted by atomic mass is 19.1. The normalized spacial score (nSPS) is 14.2. The number of benzene rings is 1. The zero-order valence-electron chi connectivity index (χ0n) is 10.7. The summed E-state index contributed by atoms with van der Waals surface area (Å²) in [4.78, 5) is 2.04. The van der Waals surface area contributed by atoms with Crippen molar-refractivity contribution in [3.63, 3.8) is 0 Å². The molecule has 1 atom stereocenters. The summed E-state index contributed by atoms with van der Waals surface area (Å²) in [6.07, 6.45) is 0. The zero-order chi connectivity index (χ0) is 12.3. The predicted octanol–water partition coefficient (Wildman–Crippen LogP) is 2.43. The summed E-state index contributed by atoms with van der Waals surface area (Å²) >= 11 is 0. The Morgan fingerprint density at radius 2 is 1.81 bits per heavy atom. The molecular weight excluding hydrogens is 203 g/mol. The van der Waals surface area contributed by atoms with E-state index in [0.717, 1.165) is 5.56 Å². The van der Waals surface area contributed by atoms with Crippen molar-refractivity contribution in [1.29, 1.82) is 0 Å². The maximum Gasteiger partial charge on any atom is 0.128 e. The second kappa shape index (κ2) is 4.93. The summed E-state index contributed by atoms with van der Waals surface area (Å²) in [6, 6.07) is 6.95. The van der Waals surface area contributed by atoms with Crippen molar-refractivity contribution in [2.75, 3.05) is 21.1 Å². The van der Waals surface area contributed by atoms with Crippen LogP contribution in [-0.4, -0.2) is 31.6 Å². The predicted molar refractivity (Wildman–Crippen MR) is 66.0 cm³/mol. The lowest BCUT2D eigenvalue weighted by Crippen LogP contribution is -2.48. The lowest BCUT2D eigenvalue weighted by atomic mass is 9.87. The third kappa shape index (κ3) is 2.60. The van der Waals surface area contributed by atoms with E-state index in [1.165, 1.54) is 6.07 Å². The minimum atomic E-state index is -0.189. The first kappa shape index (κ1) is 13.1. The van der Waals surface area contributed by atoms with E-state index in [9.17, 15) is 4.39 Å². The minimum Gasteiger partial charge on any atom is -0.313 e. The van der Waals surface area contributed by atoms with E-state index in [4.69, 9.17) is 0 Å². The first-order valence-electron chi connectivity index (χ1n) is 5.50. The molecule has 1 N–H and O–H groups in total. The highest BCUT2D eigenvalue weighted by molar-refractivity contribution is 5.24. The van der Waals surface area contributed by atoms with Gasteiger partial charge >= 0.3 is 0 Å². The maximum atomic E-state index is 13.8. The van der Waals surface area contributed by atoms with E-state index in [0.29, 0.717) is 0 Å². The Morgan fingerprint density at radius 3 is 2.25 bits per heavy atom. The van der Waals surface area contributed by atoms with Crippen LogP contribution in [0.4, 0.5) is 4.39 Å². The highest BCUT2D eigenvalue weighted by Gasteiger charge is 2.32. The summed E-state index contributed by atoms with van der Waals surface area (Å²) in [5.41, 5.74) is 0.540. The van der Waals surface area contributed by atoms with Crippen molar-refractivity contribution >= 4 is 0 Å². The summed E-state index contributed by atoms with van der Waals surface area (Å²) in [5.74, 6) is -0.149. The molecule has 2 nitrogen and oxygen atoms in total. The molecule has 0 aliphatic heterocycles. The molecular formula is C13H21FN2. The number of halogens is 1. The summed E-state index contributed by atoms with van der Waals surface area (Å²) in [6.45, 7) is 4.15. The van der Waals surface area contributed by atoms with Crippen LogP contribution in [0.3, 0.4) is 0 Å². The molecule has 1 aromatic carbocycles. The van der Waals surface area contributed by atoms with E-state index < -0.39 is 0 Å². The average Bonchev–Trinajstić information content (AvgIpc) is 2.20. The van der Waals surface area contributed by atoms with E-state index in [-0.39, 0.29) is 17.4 Å². The van der Waals surface area contributed by atoms with Crippen LogP contribution in [0, 0.1) is 5.82 Å². The minimum absolute atomic E-state index is 0.00120. The Hall–Kier alpha value is -0.930. The largest absolute Gasteiger partial charge is 0.313 e. The van der Waals surface area contributed by atoms with Gasteiger partial charge in [0.05, 0.1) is 6.04 Å². The molecule has 0 aromatic heterocycles. The van der Waals surface area contributed by atoms with Crippen LogP contribution in [-0.2, 0) is 0 Å². The van der Waals surface area contributed by atoms with Crippen molar-refractivity contribution < 1.29 is 4.39 Å². The number of likely N-dealkylation sites (N-methyl/N-ethyl adjacent to an activating group) is 2. The number of hydrogen-bond acceptors (Lipinski definition) is 2. The van der Waals surface area contributed by atoms with E-state index in [1.807, 2.05) is 38.2 Å². The average molecular weight is 224 g/mol. The summed E-state index contributed by atoms with van der Waals surface area (Å²) in [5, 5.41) is 3.24. The smallest absolute Gasteiger partial charge is 0.128 e. The van der Waals surface area contributed by atoms with Gasteiger partial charge in [-0.15, -0.1) is 0 Å². The van der Waals surface area contributed by atoms with Gasteiger partial charge < -0.3 is 10.2 Å². The van der Waals surface area contributed by atoms with Gasteiger partial charge in [0.15, 0.2) is 0 Å². The van der Waals surface area contributed by atoms with E-state index in [2.05, 4.69) is 19.2 Å². The molecule has 0 spiro atoms. The Balaban J connectivity index is 3.19. The first-order chi connectivity index (χ1) is 7.40. The van der Waals surface area contributed by atoms with Crippen LogP contribution in [0.15, 0.2) is 24.3 Å². The molecule has 0 amide bonds. The van der Waals surface area contributed by atoms with Crippen LogP contribution >= 0.6 is 0 Å². The van der Waals surface area contributed by atoms with Crippen molar-refractivity contribution in [1.82, 2.24) is 10.2 Å². The first-order valence-corrected chi connectivity index (χ1v) is 5.50. The lowest BCUT2D eigenvalue weighted by molar-refractivity contribution is 0.173. The fourth-order valence-corrected chi connectivity index (χ4v) is 2.15. The van der Waals surface area contributed by atoms with Gasteiger partial charge in [0, 0.05) is 11.1 Å². The van der Waals surface area contributed by atoms with Crippen LogP contribution in [0.25, 0.3) is 0 Å². The molecule has 0 heterocycles. The Bertz CT molecular complexity index is 348. The second-order valence-corrected chi connectivity index (χ2v) is 4.86. The van der Waals surface area contributed by atoms with Gasteiger partial charge in [0.25, 0.3) is 0 Å². The fourth-order valence-electron chi connectivity index (χ4n) is 2.15. The van der Waals surface area contributed by atoms with Crippen LogP contribution in [0.2, 0.25) is 0 Å². The quantitative estimate of drug-likeness (QED) is 0.845.